The van der Waals surface area contributed by atoms with Gasteiger partial charge in [-0.05, 0) is 97.5 Å². The highest BCUT2D eigenvalue weighted by molar-refractivity contribution is 6.31. The summed E-state index contributed by atoms with van der Waals surface area (Å²) in [5, 5.41) is 15.1. The maximum absolute atomic E-state index is 15.3. The Kier molecular flexibility index (Phi) is 8.35. The number of aromatic hydroxyl groups is 1. The number of carbonyl (C=O) groups excluding carboxylic acids is 4. The van der Waals surface area contributed by atoms with Crippen LogP contribution in [0.25, 0.3) is 0 Å². The number of phenols is 1. The fourth-order valence-electron chi connectivity index (χ4n) is 9.48. The number of halogens is 1. The first-order chi connectivity index (χ1) is 26.7. The number of nitrogens with one attached hydrogen (secondary N) is 2. The highest BCUT2D eigenvalue weighted by Crippen LogP contribution is 2.65. The summed E-state index contributed by atoms with van der Waals surface area (Å²) in [6.45, 7) is 1.96. The first-order valence-corrected chi connectivity index (χ1v) is 18.8. The van der Waals surface area contributed by atoms with Crippen LogP contribution in [0, 0.1) is 30.6 Å². The number of hydrogen-bond acceptors (Lipinski definition) is 7. The molecule has 10 heteroatoms. The Labute approximate surface area is 323 Å². The summed E-state index contributed by atoms with van der Waals surface area (Å²) >= 11 is 6.98. The van der Waals surface area contributed by atoms with Gasteiger partial charge in [0, 0.05) is 22.3 Å². The summed E-state index contributed by atoms with van der Waals surface area (Å²) in [5.74, 6) is -5.19. The van der Waals surface area contributed by atoms with Crippen molar-refractivity contribution in [1.29, 1.82) is 0 Å². The van der Waals surface area contributed by atoms with Crippen LogP contribution in [0.5, 0.6) is 5.75 Å². The molecule has 0 unspecified atom stereocenters. The molecular weight excluding hydrogens is 712 g/mol. The molecule has 2 aliphatic heterocycles. The molecule has 6 atom stereocenters. The number of anilines is 4. The molecule has 0 spiro atoms. The number of benzene rings is 5. The molecular formula is C45H37ClN4O5. The Morgan fingerprint density at radius 2 is 1.38 bits per heavy atom. The predicted octanol–water partition coefficient (Wildman–Crippen LogP) is 8.29. The van der Waals surface area contributed by atoms with Crippen molar-refractivity contribution >= 4 is 58.0 Å². The van der Waals surface area contributed by atoms with E-state index >= 15 is 4.79 Å². The lowest BCUT2D eigenvalue weighted by Gasteiger charge is -2.50. The number of aryl methyl sites for hydroxylation is 1. The van der Waals surface area contributed by atoms with E-state index in [-0.39, 0.29) is 35.4 Å². The molecule has 0 bridgehead atoms. The van der Waals surface area contributed by atoms with Gasteiger partial charge in [-0.2, -0.15) is 5.01 Å². The Hall–Kier alpha value is -6.19. The van der Waals surface area contributed by atoms with Crippen molar-refractivity contribution in [1.82, 2.24) is 5.01 Å². The van der Waals surface area contributed by atoms with E-state index in [2.05, 4.69) is 10.7 Å². The molecule has 3 fully saturated rings. The number of phenolic OH excluding ortho intramolecular Hbond substituents is 1. The summed E-state index contributed by atoms with van der Waals surface area (Å²) < 4.78 is 0. The standard InChI is InChI=1S/C45H37ClN4O5/c1-26-12-14-30(15-13-26)48-50-42(53)37-25-36-33(40(34-21-20-32(51)24-38(34)46)45(37,44(50)55)27-8-4-2-5-9-27)22-23-35-39(36)43(54)49(41(35)52)31-18-16-29(17-19-31)47-28-10-6-3-7-11-28/h2-22,24,35-37,39-40,47-48,51H,23,25H2,1H3/t35-,36+,37-,39-,40+,45+/m0/s1. The van der Waals surface area contributed by atoms with Gasteiger partial charge in [-0.1, -0.05) is 95.5 Å². The second-order valence-corrected chi connectivity index (χ2v) is 15.3. The van der Waals surface area contributed by atoms with E-state index in [1.807, 2.05) is 110 Å². The van der Waals surface area contributed by atoms with E-state index in [1.165, 1.54) is 17.0 Å². The van der Waals surface area contributed by atoms with Gasteiger partial charge in [0.05, 0.1) is 34.5 Å². The number of para-hydroxylation sites is 1. The highest BCUT2D eigenvalue weighted by Gasteiger charge is 2.70. The zero-order chi connectivity index (χ0) is 38.0. The molecule has 0 aromatic heterocycles. The number of amides is 4. The van der Waals surface area contributed by atoms with Crippen LogP contribution >= 0.6 is 11.6 Å². The van der Waals surface area contributed by atoms with Crippen LogP contribution in [0.3, 0.4) is 0 Å². The molecule has 2 saturated heterocycles. The van der Waals surface area contributed by atoms with E-state index in [0.717, 1.165) is 27.5 Å². The van der Waals surface area contributed by atoms with Gasteiger partial charge in [0.25, 0.3) is 11.8 Å². The Morgan fingerprint density at radius 1 is 0.727 bits per heavy atom. The van der Waals surface area contributed by atoms with Crippen molar-refractivity contribution < 1.29 is 24.3 Å². The SMILES string of the molecule is Cc1ccc(NN2C(=O)[C@@H]3C[C@@H]4C(=CC[C@@H]5C(=O)N(c6ccc(Nc7ccccc7)cc6)C(=O)[C@@H]54)[C@H](c4ccc(O)cc4Cl)[C@]3(c3ccccc3)C2=O)cc1. The van der Waals surface area contributed by atoms with Crippen molar-refractivity contribution in [2.75, 3.05) is 15.6 Å². The molecule has 3 N–H and O–H groups in total. The first kappa shape index (κ1) is 34.6. The molecule has 5 aromatic carbocycles. The van der Waals surface area contributed by atoms with Gasteiger partial charge >= 0.3 is 0 Å². The number of allylic oxidation sites excluding steroid dienone is 2. The lowest BCUT2D eigenvalue weighted by molar-refractivity contribution is -0.138. The third kappa shape index (κ3) is 5.44. The minimum absolute atomic E-state index is 0.0437. The van der Waals surface area contributed by atoms with E-state index in [9.17, 15) is 19.5 Å². The number of nitrogens with zero attached hydrogens (tertiary/aromatic N) is 2. The lowest BCUT2D eigenvalue weighted by Crippen LogP contribution is -2.53. The molecule has 9 rings (SSSR count). The van der Waals surface area contributed by atoms with Gasteiger partial charge in [0.15, 0.2) is 0 Å². The average Bonchev–Trinajstić information content (AvgIpc) is 3.57. The number of rotatable bonds is 7. The molecule has 4 aliphatic rings. The number of carbonyl (C=O) groups is 4. The maximum atomic E-state index is 15.3. The highest BCUT2D eigenvalue weighted by atomic mass is 35.5. The van der Waals surface area contributed by atoms with Crippen LogP contribution < -0.4 is 15.6 Å². The number of hydrazine groups is 1. The van der Waals surface area contributed by atoms with Crippen molar-refractivity contribution in [2.24, 2.45) is 23.7 Å². The van der Waals surface area contributed by atoms with Gasteiger partial charge in [-0.3, -0.25) is 29.5 Å². The number of fused-ring (bicyclic) bond motifs is 4. The quantitative estimate of drug-likeness (QED) is 0.113. The monoisotopic (exact) mass is 748 g/mol. The Bertz CT molecular complexity index is 2380. The lowest BCUT2D eigenvalue weighted by atomic mass is 9.49. The minimum atomic E-state index is -1.46. The van der Waals surface area contributed by atoms with E-state index in [0.29, 0.717) is 22.5 Å². The van der Waals surface area contributed by atoms with Crippen LogP contribution in [0.1, 0.15) is 35.4 Å². The van der Waals surface area contributed by atoms with Gasteiger partial charge in [-0.15, -0.1) is 0 Å². The van der Waals surface area contributed by atoms with Crippen molar-refractivity contribution in [2.45, 2.75) is 31.1 Å². The van der Waals surface area contributed by atoms with Crippen molar-refractivity contribution in [3.63, 3.8) is 0 Å². The minimum Gasteiger partial charge on any atom is -0.508 e. The number of hydrogen-bond donors (Lipinski definition) is 3. The van der Waals surface area contributed by atoms with Crippen LogP contribution in [0.15, 0.2) is 139 Å². The van der Waals surface area contributed by atoms with Crippen LogP contribution in [0.4, 0.5) is 22.7 Å². The smallest absolute Gasteiger partial charge is 0.260 e. The van der Waals surface area contributed by atoms with Crippen LogP contribution in [-0.4, -0.2) is 33.7 Å². The molecule has 4 amide bonds. The molecule has 55 heavy (non-hydrogen) atoms. The van der Waals surface area contributed by atoms with Crippen molar-refractivity contribution in [3.8, 4) is 5.75 Å². The fourth-order valence-corrected chi connectivity index (χ4v) is 9.76. The first-order valence-electron chi connectivity index (χ1n) is 18.4. The van der Waals surface area contributed by atoms with Crippen molar-refractivity contribution in [3.05, 3.63) is 161 Å². The van der Waals surface area contributed by atoms with E-state index in [1.54, 1.807) is 18.2 Å². The molecule has 5 aromatic rings. The predicted molar refractivity (Wildman–Crippen MR) is 211 cm³/mol. The maximum Gasteiger partial charge on any atom is 0.260 e. The van der Waals surface area contributed by atoms with Gasteiger partial charge in [-0.25, -0.2) is 0 Å². The van der Waals surface area contributed by atoms with Gasteiger partial charge in [0.1, 0.15) is 5.75 Å². The third-order valence-electron chi connectivity index (χ3n) is 11.9. The summed E-state index contributed by atoms with van der Waals surface area (Å²) in [5.41, 5.74) is 7.42. The molecule has 274 valence electrons. The average molecular weight is 749 g/mol. The van der Waals surface area contributed by atoms with Crippen LogP contribution in [-0.2, 0) is 24.6 Å². The molecule has 9 nitrogen and oxygen atoms in total. The fraction of sp³-hybridized carbons (Fsp3) is 0.200. The van der Waals surface area contributed by atoms with Crippen LogP contribution in [0.2, 0.25) is 5.02 Å². The second kappa shape index (κ2) is 13.3. The molecule has 0 radical (unpaired) electrons. The summed E-state index contributed by atoms with van der Waals surface area (Å²) in [7, 11) is 0. The second-order valence-electron chi connectivity index (χ2n) is 14.8. The summed E-state index contributed by atoms with van der Waals surface area (Å²) in [6, 6.07) is 38.3. The van der Waals surface area contributed by atoms with E-state index < -0.39 is 46.8 Å². The van der Waals surface area contributed by atoms with E-state index in [4.69, 9.17) is 11.6 Å². The summed E-state index contributed by atoms with van der Waals surface area (Å²) in [6.07, 6.45) is 2.44. The van der Waals surface area contributed by atoms with Gasteiger partial charge < -0.3 is 10.4 Å². The topological polar surface area (TPSA) is 119 Å². The van der Waals surface area contributed by atoms with Gasteiger partial charge in [0.2, 0.25) is 11.8 Å². The third-order valence-corrected chi connectivity index (χ3v) is 12.2. The molecule has 1 saturated carbocycles. The molecule has 2 aliphatic carbocycles. The zero-order valence-electron chi connectivity index (χ0n) is 29.9. The normalized spacial score (nSPS) is 25.6. The molecule has 2 heterocycles. The number of imide groups is 2. The Morgan fingerprint density at radius 3 is 2.07 bits per heavy atom. The summed E-state index contributed by atoms with van der Waals surface area (Å²) in [4.78, 5) is 60.3. The largest absolute Gasteiger partial charge is 0.508 e. The zero-order valence-corrected chi connectivity index (χ0v) is 30.6. The Balaban J connectivity index is 1.15.